The lowest BCUT2D eigenvalue weighted by molar-refractivity contribution is -0.387. The molecule has 0 aliphatic rings. The van der Waals surface area contributed by atoms with Gasteiger partial charge in [0.25, 0.3) is 0 Å². The van der Waals surface area contributed by atoms with Crippen LogP contribution < -0.4 is 0 Å². The van der Waals surface area contributed by atoms with Crippen molar-refractivity contribution in [3.8, 4) is 0 Å². The summed E-state index contributed by atoms with van der Waals surface area (Å²) in [7, 11) is 0. The van der Waals surface area contributed by atoms with E-state index in [-0.39, 0.29) is 0 Å². The number of hydrogen-bond donors (Lipinski definition) is 0. The van der Waals surface area contributed by atoms with Crippen LogP contribution in [0.15, 0.2) is 30.9 Å². The van der Waals surface area contributed by atoms with Crippen LogP contribution in [0.25, 0.3) is 0 Å². The first-order valence-corrected chi connectivity index (χ1v) is 4.42. The molecule has 0 radical (unpaired) electrons. The highest BCUT2D eigenvalue weighted by Crippen LogP contribution is 2.18. The van der Waals surface area contributed by atoms with E-state index in [2.05, 4.69) is 10.1 Å². The fraction of sp³-hybridized carbons (Fsp3) is 0.111. The Morgan fingerprint density at radius 2 is 2.31 bits per heavy atom. The molecule has 0 saturated carbocycles. The quantitative estimate of drug-likeness (QED) is 0.580. The van der Waals surface area contributed by atoms with Gasteiger partial charge in [-0.25, -0.2) is 9.67 Å². The van der Waals surface area contributed by atoms with Crippen LogP contribution in [0.4, 0.5) is 10.1 Å². The summed E-state index contributed by atoms with van der Waals surface area (Å²) < 4.78 is 14.7. The summed E-state index contributed by atoms with van der Waals surface area (Å²) >= 11 is 0. The standard InChI is InChI=1S/C9H7FN4O2/c10-8-3-7(1-2-9(8)14(15)16)4-13-6-11-5-12-13/h1-3,5-6H,4H2. The molecule has 1 aromatic heterocycles. The van der Waals surface area contributed by atoms with Crippen molar-refractivity contribution in [3.63, 3.8) is 0 Å². The molecule has 6 nitrogen and oxygen atoms in total. The molecule has 0 aliphatic heterocycles. The Bertz CT molecular complexity index is 512. The second-order valence-corrected chi connectivity index (χ2v) is 3.14. The molecule has 0 saturated heterocycles. The monoisotopic (exact) mass is 222 g/mol. The highest BCUT2D eigenvalue weighted by Gasteiger charge is 2.13. The lowest BCUT2D eigenvalue weighted by Gasteiger charge is -2.01. The Kier molecular flexibility index (Phi) is 2.59. The Balaban J connectivity index is 2.24. The van der Waals surface area contributed by atoms with Gasteiger partial charge in [-0.2, -0.15) is 9.49 Å². The summed E-state index contributed by atoms with van der Waals surface area (Å²) in [6, 6.07) is 3.75. The summed E-state index contributed by atoms with van der Waals surface area (Å²) in [5, 5.41) is 14.2. The van der Waals surface area contributed by atoms with Crippen LogP contribution >= 0.6 is 0 Å². The number of aromatic nitrogens is 3. The van der Waals surface area contributed by atoms with E-state index in [0.717, 1.165) is 12.1 Å². The van der Waals surface area contributed by atoms with Gasteiger partial charge in [-0.1, -0.05) is 6.07 Å². The van der Waals surface area contributed by atoms with Crippen LogP contribution in [0, 0.1) is 15.9 Å². The van der Waals surface area contributed by atoms with E-state index in [1.165, 1.54) is 23.4 Å². The maximum Gasteiger partial charge on any atom is 0.304 e. The van der Waals surface area contributed by atoms with Crippen molar-refractivity contribution in [1.29, 1.82) is 0 Å². The van der Waals surface area contributed by atoms with Gasteiger partial charge >= 0.3 is 5.69 Å². The Labute approximate surface area is 89.5 Å². The third-order valence-corrected chi connectivity index (χ3v) is 2.02. The lowest BCUT2D eigenvalue weighted by Crippen LogP contribution is -2.01. The molecule has 0 fully saturated rings. The molecule has 0 aliphatic carbocycles. The Morgan fingerprint density at radius 1 is 1.50 bits per heavy atom. The molecule has 0 amide bonds. The van der Waals surface area contributed by atoms with Gasteiger partial charge in [0, 0.05) is 6.07 Å². The van der Waals surface area contributed by atoms with Crippen molar-refractivity contribution in [1.82, 2.24) is 14.8 Å². The minimum Gasteiger partial charge on any atom is -0.258 e. The predicted octanol–water partition coefficient (Wildman–Crippen LogP) is 1.37. The van der Waals surface area contributed by atoms with Crippen LogP contribution in [0.2, 0.25) is 0 Å². The molecular weight excluding hydrogens is 215 g/mol. The molecule has 0 N–H and O–H groups in total. The minimum atomic E-state index is -0.845. The summed E-state index contributed by atoms with van der Waals surface area (Å²) in [6.07, 6.45) is 2.85. The number of nitro benzene ring substituents is 1. The number of halogens is 1. The average Bonchev–Trinajstić information content (AvgIpc) is 2.70. The zero-order valence-corrected chi connectivity index (χ0v) is 8.08. The summed E-state index contributed by atoms with van der Waals surface area (Å²) in [4.78, 5) is 13.4. The summed E-state index contributed by atoms with van der Waals surface area (Å²) in [6.45, 7) is 0.328. The van der Waals surface area contributed by atoms with E-state index in [1.54, 1.807) is 0 Å². The predicted molar refractivity (Wildman–Crippen MR) is 52.2 cm³/mol. The van der Waals surface area contributed by atoms with E-state index in [9.17, 15) is 14.5 Å². The topological polar surface area (TPSA) is 73.8 Å². The molecule has 2 rings (SSSR count). The Morgan fingerprint density at radius 3 is 2.88 bits per heavy atom. The first-order chi connectivity index (χ1) is 7.66. The van der Waals surface area contributed by atoms with Crippen molar-refractivity contribution >= 4 is 5.69 Å². The highest BCUT2D eigenvalue weighted by atomic mass is 19.1. The van der Waals surface area contributed by atoms with Crippen LogP contribution in [-0.4, -0.2) is 19.7 Å². The molecule has 2 aromatic rings. The molecule has 1 heterocycles. The summed E-state index contributed by atoms with van der Waals surface area (Å²) in [5.41, 5.74) is 0.0657. The first-order valence-electron chi connectivity index (χ1n) is 4.42. The van der Waals surface area contributed by atoms with Gasteiger partial charge in [0.1, 0.15) is 12.7 Å². The molecule has 0 spiro atoms. The van der Waals surface area contributed by atoms with Gasteiger partial charge in [-0.3, -0.25) is 10.1 Å². The zero-order chi connectivity index (χ0) is 11.5. The van der Waals surface area contributed by atoms with E-state index in [4.69, 9.17) is 0 Å². The number of hydrogen-bond acceptors (Lipinski definition) is 4. The molecule has 0 atom stereocenters. The number of benzene rings is 1. The highest BCUT2D eigenvalue weighted by molar-refractivity contribution is 5.34. The smallest absolute Gasteiger partial charge is 0.258 e. The minimum absolute atomic E-state index is 0.328. The molecular formula is C9H7FN4O2. The van der Waals surface area contributed by atoms with Gasteiger partial charge in [0.05, 0.1) is 11.5 Å². The normalized spacial score (nSPS) is 10.3. The second kappa shape index (κ2) is 4.05. The molecule has 16 heavy (non-hydrogen) atoms. The molecule has 82 valence electrons. The largest absolute Gasteiger partial charge is 0.304 e. The average molecular weight is 222 g/mol. The van der Waals surface area contributed by atoms with E-state index in [1.807, 2.05) is 0 Å². The maximum atomic E-state index is 13.2. The number of rotatable bonds is 3. The van der Waals surface area contributed by atoms with E-state index < -0.39 is 16.4 Å². The fourth-order valence-corrected chi connectivity index (χ4v) is 1.30. The number of nitrogens with zero attached hydrogens (tertiary/aromatic N) is 4. The molecule has 1 aromatic carbocycles. The fourth-order valence-electron chi connectivity index (χ4n) is 1.30. The maximum absolute atomic E-state index is 13.2. The SMILES string of the molecule is O=[N+]([O-])c1ccc(Cn2cncn2)cc1F. The van der Waals surface area contributed by atoms with Gasteiger partial charge in [-0.05, 0) is 11.6 Å². The zero-order valence-electron chi connectivity index (χ0n) is 8.08. The molecule has 0 bridgehead atoms. The molecule has 7 heteroatoms. The Hall–Kier alpha value is -2.31. The van der Waals surface area contributed by atoms with Crippen LogP contribution in [0.1, 0.15) is 5.56 Å². The van der Waals surface area contributed by atoms with Crippen molar-refractivity contribution in [2.24, 2.45) is 0 Å². The van der Waals surface area contributed by atoms with Gasteiger partial charge < -0.3 is 0 Å². The third kappa shape index (κ3) is 2.02. The van der Waals surface area contributed by atoms with Crippen LogP contribution in [0.3, 0.4) is 0 Å². The van der Waals surface area contributed by atoms with Crippen LogP contribution in [0.5, 0.6) is 0 Å². The van der Waals surface area contributed by atoms with Crippen molar-refractivity contribution in [3.05, 3.63) is 52.3 Å². The first kappa shape index (κ1) is 10.2. The third-order valence-electron chi connectivity index (χ3n) is 2.02. The van der Waals surface area contributed by atoms with Gasteiger partial charge in [-0.15, -0.1) is 0 Å². The van der Waals surface area contributed by atoms with E-state index >= 15 is 0 Å². The van der Waals surface area contributed by atoms with Crippen molar-refractivity contribution in [2.45, 2.75) is 6.54 Å². The van der Waals surface area contributed by atoms with Gasteiger partial charge in [0.15, 0.2) is 0 Å². The summed E-state index contributed by atoms with van der Waals surface area (Å²) in [5.74, 6) is -0.845. The number of nitro groups is 1. The molecule has 0 unspecified atom stereocenters. The van der Waals surface area contributed by atoms with Crippen LogP contribution in [-0.2, 0) is 6.54 Å². The van der Waals surface area contributed by atoms with E-state index in [0.29, 0.717) is 12.1 Å². The van der Waals surface area contributed by atoms with Gasteiger partial charge in [0.2, 0.25) is 5.82 Å². The van der Waals surface area contributed by atoms with Crippen molar-refractivity contribution < 1.29 is 9.31 Å². The van der Waals surface area contributed by atoms with Crippen molar-refractivity contribution in [2.75, 3.05) is 0 Å². The second-order valence-electron chi connectivity index (χ2n) is 3.14. The lowest BCUT2D eigenvalue weighted by atomic mass is 10.2.